The number of rotatable bonds is 12. The molecular weight excluding hydrogens is 470 g/mol. The number of carbonyl (C=O) groups is 5. The highest BCUT2D eigenvalue weighted by atomic mass is 16.5. The van der Waals surface area contributed by atoms with E-state index in [0.29, 0.717) is 6.42 Å². The molecule has 0 bridgehead atoms. The molecule has 0 aliphatic heterocycles. The van der Waals surface area contributed by atoms with E-state index in [0.717, 1.165) is 43.2 Å². The molecule has 0 radical (unpaired) electrons. The maximum absolute atomic E-state index is 13.2. The SMILES string of the molecule is C=CC(=O)N(CCC(N)=O)NC(=O)[C@H](CC1CCCCC1)NC(=O)[C@@H](NC(=O)O)[C@@H](C)OC(C)(C)C. The Morgan fingerprint density at radius 2 is 1.72 bits per heavy atom. The highest BCUT2D eigenvalue weighted by Gasteiger charge is 2.34. The number of nitrogens with one attached hydrogen (secondary N) is 3. The Morgan fingerprint density at radius 1 is 1.11 bits per heavy atom. The highest BCUT2D eigenvalue weighted by Crippen LogP contribution is 2.27. The lowest BCUT2D eigenvalue weighted by molar-refractivity contribution is -0.141. The van der Waals surface area contributed by atoms with Crippen LogP contribution < -0.4 is 21.8 Å². The summed E-state index contributed by atoms with van der Waals surface area (Å²) in [5, 5.41) is 15.0. The minimum absolute atomic E-state index is 0.165. The first kappa shape index (κ1) is 30.9. The Hall–Kier alpha value is -3.15. The first-order valence-electron chi connectivity index (χ1n) is 12.2. The minimum Gasteiger partial charge on any atom is -0.465 e. The van der Waals surface area contributed by atoms with Crippen LogP contribution in [0.4, 0.5) is 4.79 Å². The van der Waals surface area contributed by atoms with Crippen molar-refractivity contribution in [2.24, 2.45) is 11.7 Å². The summed E-state index contributed by atoms with van der Waals surface area (Å²) in [5.41, 5.74) is 6.97. The third-order valence-corrected chi connectivity index (χ3v) is 5.76. The van der Waals surface area contributed by atoms with Gasteiger partial charge in [-0.25, -0.2) is 9.80 Å². The summed E-state index contributed by atoms with van der Waals surface area (Å²) in [4.78, 5) is 61.2. The van der Waals surface area contributed by atoms with E-state index < -0.39 is 53.5 Å². The number of hydrazine groups is 1. The van der Waals surface area contributed by atoms with E-state index in [2.05, 4.69) is 22.6 Å². The third kappa shape index (κ3) is 11.5. The summed E-state index contributed by atoms with van der Waals surface area (Å²) >= 11 is 0. The van der Waals surface area contributed by atoms with Crippen molar-refractivity contribution in [3.05, 3.63) is 12.7 Å². The van der Waals surface area contributed by atoms with Crippen LogP contribution >= 0.6 is 0 Å². The van der Waals surface area contributed by atoms with Gasteiger partial charge in [-0.15, -0.1) is 0 Å². The number of hydrogen-bond acceptors (Lipinski definition) is 6. The van der Waals surface area contributed by atoms with E-state index >= 15 is 0 Å². The summed E-state index contributed by atoms with van der Waals surface area (Å²) in [6.07, 6.45) is 3.72. The second kappa shape index (κ2) is 14.4. The molecule has 5 amide bonds. The number of nitrogens with two attached hydrogens (primary N) is 1. The fourth-order valence-electron chi connectivity index (χ4n) is 4.17. The van der Waals surface area contributed by atoms with Crippen LogP contribution in [0.3, 0.4) is 0 Å². The molecule has 1 aliphatic carbocycles. The number of nitrogens with zero attached hydrogens (tertiary/aromatic N) is 1. The molecule has 0 saturated heterocycles. The van der Waals surface area contributed by atoms with Crippen LogP contribution in [0.5, 0.6) is 0 Å². The van der Waals surface area contributed by atoms with Gasteiger partial charge in [0, 0.05) is 6.42 Å². The van der Waals surface area contributed by atoms with Crippen LogP contribution in [0.25, 0.3) is 0 Å². The lowest BCUT2D eigenvalue weighted by Crippen LogP contribution is -2.60. The standard InChI is InChI=1S/C24H41N5O7/c1-6-19(31)29(13-12-18(25)30)28-21(32)17(14-16-10-8-7-9-11-16)26-22(33)20(27-23(34)35)15(2)36-24(3,4)5/h6,15-17,20,27H,1,7-14H2,2-5H3,(H2,25,30)(H,26,33)(H,28,32)(H,34,35)/t15-,17+,20+/m1/s1. The first-order valence-corrected chi connectivity index (χ1v) is 12.2. The minimum atomic E-state index is -1.41. The summed E-state index contributed by atoms with van der Waals surface area (Å²) in [5.74, 6) is -2.55. The smallest absolute Gasteiger partial charge is 0.405 e. The Bertz CT molecular complexity index is 805. The fourth-order valence-corrected chi connectivity index (χ4v) is 4.17. The Morgan fingerprint density at radius 3 is 2.22 bits per heavy atom. The Balaban J connectivity index is 3.12. The van der Waals surface area contributed by atoms with Crippen molar-refractivity contribution in [1.82, 2.24) is 21.1 Å². The second-order valence-corrected chi connectivity index (χ2v) is 10.0. The van der Waals surface area contributed by atoms with Crippen LogP contribution in [0.2, 0.25) is 0 Å². The zero-order valence-corrected chi connectivity index (χ0v) is 21.7. The first-order chi connectivity index (χ1) is 16.7. The van der Waals surface area contributed by atoms with Crippen LogP contribution in [0, 0.1) is 5.92 Å². The van der Waals surface area contributed by atoms with E-state index in [9.17, 15) is 29.1 Å². The van der Waals surface area contributed by atoms with E-state index in [1.54, 1.807) is 27.7 Å². The maximum atomic E-state index is 13.2. The topological polar surface area (TPSA) is 180 Å². The van der Waals surface area contributed by atoms with Crippen LogP contribution in [0.15, 0.2) is 12.7 Å². The van der Waals surface area contributed by atoms with E-state index in [1.165, 1.54) is 0 Å². The van der Waals surface area contributed by atoms with Gasteiger partial charge < -0.3 is 26.2 Å². The van der Waals surface area contributed by atoms with Gasteiger partial charge in [0.05, 0.1) is 18.2 Å². The average Bonchev–Trinajstić information content (AvgIpc) is 2.78. The zero-order chi connectivity index (χ0) is 27.5. The number of amides is 5. The molecule has 12 heteroatoms. The molecule has 6 N–H and O–H groups in total. The van der Waals surface area contributed by atoms with Crippen molar-refractivity contribution in [3.8, 4) is 0 Å². The van der Waals surface area contributed by atoms with Crippen molar-refractivity contribution in [2.45, 2.75) is 96.4 Å². The van der Waals surface area contributed by atoms with Gasteiger partial charge in [0.2, 0.25) is 11.8 Å². The van der Waals surface area contributed by atoms with Gasteiger partial charge >= 0.3 is 6.09 Å². The van der Waals surface area contributed by atoms with E-state index in [1.807, 2.05) is 0 Å². The van der Waals surface area contributed by atoms with Gasteiger partial charge in [0.25, 0.3) is 11.8 Å². The Kier molecular flexibility index (Phi) is 12.4. The molecule has 12 nitrogen and oxygen atoms in total. The van der Waals surface area contributed by atoms with Crippen molar-refractivity contribution < 1.29 is 33.8 Å². The van der Waals surface area contributed by atoms with Gasteiger partial charge in [-0.2, -0.15) is 0 Å². The molecule has 0 spiro atoms. The molecule has 36 heavy (non-hydrogen) atoms. The molecular formula is C24H41N5O7. The summed E-state index contributed by atoms with van der Waals surface area (Å²) in [6, 6.07) is -2.35. The molecule has 3 atom stereocenters. The van der Waals surface area contributed by atoms with Crippen molar-refractivity contribution in [1.29, 1.82) is 0 Å². The van der Waals surface area contributed by atoms with Crippen molar-refractivity contribution in [2.75, 3.05) is 6.54 Å². The summed E-state index contributed by atoms with van der Waals surface area (Å²) in [6.45, 7) is 10.1. The third-order valence-electron chi connectivity index (χ3n) is 5.76. The number of carboxylic acid groups (broad SMARTS) is 1. The maximum Gasteiger partial charge on any atom is 0.405 e. The van der Waals surface area contributed by atoms with E-state index in [4.69, 9.17) is 10.5 Å². The fraction of sp³-hybridized carbons (Fsp3) is 0.708. The van der Waals surface area contributed by atoms with Gasteiger partial charge in [-0.3, -0.25) is 24.6 Å². The predicted octanol–water partition coefficient (Wildman–Crippen LogP) is 1.20. The summed E-state index contributed by atoms with van der Waals surface area (Å²) < 4.78 is 5.78. The Labute approximate surface area is 212 Å². The molecule has 204 valence electrons. The normalized spacial score (nSPS) is 16.7. The number of primary amides is 1. The molecule has 0 heterocycles. The van der Waals surface area contributed by atoms with Crippen molar-refractivity contribution in [3.63, 3.8) is 0 Å². The van der Waals surface area contributed by atoms with Crippen LogP contribution in [0.1, 0.15) is 72.6 Å². The van der Waals surface area contributed by atoms with Gasteiger partial charge in [-0.05, 0) is 46.1 Å². The highest BCUT2D eigenvalue weighted by molar-refractivity contribution is 5.93. The van der Waals surface area contributed by atoms with Crippen LogP contribution in [-0.4, -0.2) is 70.2 Å². The summed E-state index contributed by atoms with van der Waals surface area (Å²) in [7, 11) is 0. The molecule has 0 unspecified atom stereocenters. The monoisotopic (exact) mass is 511 g/mol. The molecule has 0 aromatic carbocycles. The van der Waals surface area contributed by atoms with Gasteiger partial charge in [0.1, 0.15) is 12.1 Å². The largest absolute Gasteiger partial charge is 0.465 e. The molecule has 0 aromatic rings. The molecule has 1 saturated carbocycles. The quantitative estimate of drug-likeness (QED) is 0.193. The molecule has 1 fully saturated rings. The predicted molar refractivity (Wildman–Crippen MR) is 132 cm³/mol. The average molecular weight is 512 g/mol. The second-order valence-electron chi connectivity index (χ2n) is 10.0. The molecule has 1 aliphatic rings. The molecule has 1 rings (SSSR count). The lowest BCUT2D eigenvalue weighted by atomic mass is 9.84. The molecule has 0 aromatic heterocycles. The van der Waals surface area contributed by atoms with Crippen LogP contribution in [-0.2, 0) is 23.9 Å². The lowest BCUT2D eigenvalue weighted by Gasteiger charge is -2.32. The number of ether oxygens (including phenoxy) is 1. The number of hydrogen-bond donors (Lipinski definition) is 5. The van der Waals surface area contributed by atoms with Gasteiger partial charge in [0.15, 0.2) is 0 Å². The van der Waals surface area contributed by atoms with Gasteiger partial charge in [-0.1, -0.05) is 38.7 Å². The zero-order valence-electron chi connectivity index (χ0n) is 21.7. The van der Waals surface area contributed by atoms with E-state index in [-0.39, 0.29) is 18.9 Å². The van der Waals surface area contributed by atoms with Crippen molar-refractivity contribution >= 4 is 29.7 Å². The number of carbonyl (C=O) groups excluding carboxylic acids is 4.